The van der Waals surface area contributed by atoms with Gasteiger partial charge in [-0.05, 0) is 50.1 Å². The Morgan fingerprint density at radius 1 is 1.00 bits per heavy atom. The van der Waals surface area contributed by atoms with Gasteiger partial charge in [0.15, 0.2) is 0 Å². The summed E-state index contributed by atoms with van der Waals surface area (Å²) in [5, 5.41) is 2.76. The zero-order chi connectivity index (χ0) is 22.4. The molecule has 1 heterocycles. The smallest absolute Gasteiger partial charge is 0.254 e. The van der Waals surface area contributed by atoms with Gasteiger partial charge in [-0.1, -0.05) is 36.6 Å². The quantitative estimate of drug-likeness (QED) is 0.742. The number of sulfonamides is 1. The molecule has 1 aliphatic heterocycles. The minimum absolute atomic E-state index is 0.109. The lowest BCUT2D eigenvalue weighted by Gasteiger charge is -2.21. The fraction of sp³-hybridized carbons (Fsp3) is 0.391. The Bertz CT molecular complexity index is 1030. The van der Waals surface area contributed by atoms with E-state index in [-0.39, 0.29) is 22.9 Å². The van der Waals surface area contributed by atoms with Gasteiger partial charge >= 0.3 is 0 Å². The molecule has 0 atom stereocenters. The number of nitrogens with zero attached hydrogens (tertiary/aromatic N) is 2. The van der Waals surface area contributed by atoms with Crippen LogP contribution in [0.1, 0.15) is 41.6 Å². The molecule has 1 fully saturated rings. The van der Waals surface area contributed by atoms with E-state index in [0.717, 1.165) is 31.2 Å². The van der Waals surface area contributed by atoms with Crippen LogP contribution in [0.5, 0.6) is 0 Å². The highest BCUT2D eigenvalue weighted by Crippen LogP contribution is 2.21. The summed E-state index contributed by atoms with van der Waals surface area (Å²) in [5.41, 5.74) is 1.98. The van der Waals surface area contributed by atoms with E-state index in [4.69, 9.17) is 0 Å². The highest BCUT2D eigenvalue weighted by atomic mass is 32.2. The molecule has 2 aromatic carbocycles. The van der Waals surface area contributed by atoms with Crippen LogP contribution in [0.4, 0.5) is 5.69 Å². The van der Waals surface area contributed by atoms with Crippen LogP contribution in [0.3, 0.4) is 0 Å². The van der Waals surface area contributed by atoms with Crippen molar-refractivity contribution in [1.29, 1.82) is 0 Å². The van der Waals surface area contributed by atoms with Crippen LogP contribution in [-0.4, -0.2) is 56.1 Å². The van der Waals surface area contributed by atoms with Crippen molar-refractivity contribution < 1.29 is 18.0 Å². The van der Waals surface area contributed by atoms with E-state index in [1.54, 1.807) is 24.3 Å². The Hall–Kier alpha value is -2.71. The fourth-order valence-corrected chi connectivity index (χ4v) is 5.13. The molecule has 8 heteroatoms. The highest BCUT2D eigenvalue weighted by Gasteiger charge is 2.26. The summed E-state index contributed by atoms with van der Waals surface area (Å²) >= 11 is 0. The molecule has 0 spiro atoms. The summed E-state index contributed by atoms with van der Waals surface area (Å²) in [5.74, 6) is -0.736. The molecule has 0 unspecified atom stereocenters. The van der Waals surface area contributed by atoms with E-state index in [1.165, 1.54) is 28.4 Å². The Morgan fingerprint density at radius 3 is 2.29 bits per heavy atom. The van der Waals surface area contributed by atoms with Crippen molar-refractivity contribution in [2.75, 3.05) is 32.0 Å². The molecule has 2 amide bonds. The van der Waals surface area contributed by atoms with Gasteiger partial charge in [-0.2, -0.15) is 4.31 Å². The van der Waals surface area contributed by atoms with Crippen LogP contribution >= 0.6 is 0 Å². The van der Waals surface area contributed by atoms with Crippen molar-refractivity contribution >= 4 is 27.5 Å². The monoisotopic (exact) mass is 443 g/mol. The van der Waals surface area contributed by atoms with E-state index in [1.807, 2.05) is 19.1 Å². The van der Waals surface area contributed by atoms with Gasteiger partial charge in [-0.3, -0.25) is 9.59 Å². The van der Waals surface area contributed by atoms with Crippen molar-refractivity contribution in [3.63, 3.8) is 0 Å². The third-order valence-electron chi connectivity index (χ3n) is 5.35. The molecule has 1 aliphatic rings. The summed E-state index contributed by atoms with van der Waals surface area (Å²) in [6.07, 6.45) is 3.74. The maximum Gasteiger partial charge on any atom is 0.254 e. The number of carbonyl (C=O) groups is 2. The van der Waals surface area contributed by atoms with Crippen molar-refractivity contribution in [3.8, 4) is 0 Å². The van der Waals surface area contributed by atoms with E-state index >= 15 is 0 Å². The lowest BCUT2D eigenvalue weighted by Crippen LogP contribution is -2.35. The summed E-state index contributed by atoms with van der Waals surface area (Å²) in [7, 11) is -2.13. The molecule has 3 rings (SSSR count). The summed E-state index contributed by atoms with van der Waals surface area (Å²) < 4.78 is 27.6. The van der Waals surface area contributed by atoms with Gasteiger partial charge < -0.3 is 10.2 Å². The lowest BCUT2D eigenvalue weighted by atomic mass is 10.2. The predicted octanol–water partition coefficient (Wildman–Crippen LogP) is 3.27. The maximum atomic E-state index is 13.0. The standard InChI is InChI=1S/C23H29N3O4S/c1-18-10-12-20(13-11-18)24-22(27)17-25(2)23(28)19-8-7-9-21(16-19)31(29,30)26-14-5-3-4-6-15-26/h7-13,16H,3-6,14-15,17H2,1-2H3,(H,24,27). The molecule has 0 radical (unpaired) electrons. The van der Waals surface area contributed by atoms with Gasteiger partial charge in [0.1, 0.15) is 0 Å². The Kier molecular flexibility index (Phi) is 7.46. The fourth-order valence-electron chi connectivity index (χ4n) is 3.57. The van der Waals surface area contributed by atoms with Gasteiger partial charge in [-0.25, -0.2) is 8.42 Å². The molecule has 2 aromatic rings. The molecule has 0 saturated carbocycles. The highest BCUT2D eigenvalue weighted by molar-refractivity contribution is 7.89. The molecule has 31 heavy (non-hydrogen) atoms. The molecule has 166 valence electrons. The second-order valence-electron chi connectivity index (χ2n) is 7.92. The van der Waals surface area contributed by atoms with Gasteiger partial charge in [0.05, 0.1) is 11.4 Å². The van der Waals surface area contributed by atoms with E-state index in [9.17, 15) is 18.0 Å². The average molecular weight is 444 g/mol. The summed E-state index contributed by atoms with van der Waals surface area (Å²) in [6.45, 7) is 2.81. The molecule has 0 aliphatic carbocycles. The minimum atomic E-state index is -3.65. The first-order valence-corrected chi connectivity index (χ1v) is 11.9. The third kappa shape index (κ3) is 5.92. The first-order chi connectivity index (χ1) is 14.8. The van der Waals surface area contributed by atoms with E-state index < -0.39 is 15.9 Å². The summed E-state index contributed by atoms with van der Waals surface area (Å²) in [6, 6.07) is 13.4. The van der Waals surface area contributed by atoms with Gasteiger partial charge in [0, 0.05) is 31.4 Å². The lowest BCUT2D eigenvalue weighted by molar-refractivity contribution is -0.116. The van der Waals surface area contributed by atoms with Crippen LogP contribution in [0.15, 0.2) is 53.4 Å². The topological polar surface area (TPSA) is 86.8 Å². The second-order valence-corrected chi connectivity index (χ2v) is 9.86. The Balaban J connectivity index is 1.68. The predicted molar refractivity (Wildman–Crippen MR) is 120 cm³/mol. The number of likely N-dealkylation sites (N-methyl/N-ethyl adjacent to an activating group) is 1. The molecule has 1 N–H and O–H groups in total. The molecular weight excluding hydrogens is 414 g/mol. The van der Waals surface area contributed by atoms with Crippen LogP contribution in [-0.2, 0) is 14.8 Å². The minimum Gasteiger partial charge on any atom is -0.332 e. The molecule has 0 bridgehead atoms. The van der Waals surface area contributed by atoms with Gasteiger partial charge in [-0.15, -0.1) is 0 Å². The van der Waals surface area contributed by atoms with Crippen molar-refractivity contribution in [3.05, 3.63) is 59.7 Å². The summed E-state index contributed by atoms with van der Waals surface area (Å²) in [4.78, 5) is 26.5. The van der Waals surface area contributed by atoms with Gasteiger partial charge in [0.2, 0.25) is 15.9 Å². The first-order valence-electron chi connectivity index (χ1n) is 10.5. The first kappa shape index (κ1) is 23.0. The number of nitrogens with one attached hydrogen (secondary N) is 1. The molecule has 1 saturated heterocycles. The van der Waals surface area contributed by atoms with E-state index in [0.29, 0.717) is 18.8 Å². The van der Waals surface area contributed by atoms with Crippen molar-refractivity contribution in [2.45, 2.75) is 37.5 Å². The molecular formula is C23H29N3O4S. The van der Waals surface area contributed by atoms with Crippen molar-refractivity contribution in [1.82, 2.24) is 9.21 Å². The number of carbonyl (C=O) groups excluding carboxylic acids is 2. The van der Waals surface area contributed by atoms with Crippen LogP contribution in [0, 0.1) is 6.92 Å². The molecule has 7 nitrogen and oxygen atoms in total. The largest absolute Gasteiger partial charge is 0.332 e. The number of benzene rings is 2. The van der Waals surface area contributed by atoms with E-state index in [2.05, 4.69) is 5.32 Å². The normalized spacial score (nSPS) is 15.2. The Labute approximate surface area is 184 Å². The number of anilines is 1. The molecule has 0 aromatic heterocycles. The third-order valence-corrected chi connectivity index (χ3v) is 7.24. The van der Waals surface area contributed by atoms with Gasteiger partial charge in [0.25, 0.3) is 5.91 Å². The van der Waals surface area contributed by atoms with Crippen molar-refractivity contribution in [2.24, 2.45) is 0 Å². The zero-order valence-electron chi connectivity index (χ0n) is 18.0. The number of hydrogen-bond acceptors (Lipinski definition) is 4. The average Bonchev–Trinajstić information content (AvgIpc) is 3.05. The van der Waals surface area contributed by atoms with Crippen LogP contribution in [0.2, 0.25) is 0 Å². The zero-order valence-corrected chi connectivity index (χ0v) is 18.8. The Morgan fingerprint density at radius 2 is 1.65 bits per heavy atom. The number of rotatable bonds is 6. The maximum absolute atomic E-state index is 13.0. The van der Waals surface area contributed by atoms with Crippen LogP contribution in [0.25, 0.3) is 0 Å². The van der Waals surface area contributed by atoms with Crippen LogP contribution < -0.4 is 5.32 Å². The number of amides is 2. The number of hydrogen-bond donors (Lipinski definition) is 1. The SMILES string of the molecule is Cc1ccc(NC(=O)CN(C)C(=O)c2cccc(S(=O)(=O)N3CCCCCC3)c2)cc1. The second kappa shape index (κ2) is 10.1. The number of aryl methyl sites for hydroxylation is 1.